The lowest BCUT2D eigenvalue weighted by atomic mass is 10.2. The number of para-hydroxylation sites is 1. The molecule has 4 rings (SSSR count). The summed E-state index contributed by atoms with van der Waals surface area (Å²) >= 11 is 11.4. The zero-order valence-electron chi connectivity index (χ0n) is 14.6. The van der Waals surface area contributed by atoms with E-state index in [1.165, 1.54) is 0 Å². The lowest BCUT2D eigenvalue weighted by Gasteiger charge is -2.06. The van der Waals surface area contributed by atoms with Gasteiger partial charge in [0.15, 0.2) is 5.82 Å². The molecule has 1 heterocycles. The van der Waals surface area contributed by atoms with Crippen molar-refractivity contribution >= 4 is 30.0 Å². The molecular formula is C21H15ClN4OS. The predicted octanol–water partition coefficient (Wildman–Crippen LogP) is 5.94. The van der Waals surface area contributed by atoms with E-state index < -0.39 is 0 Å². The third-order valence-electron chi connectivity index (χ3n) is 3.89. The Morgan fingerprint density at radius 2 is 1.75 bits per heavy atom. The van der Waals surface area contributed by atoms with Crippen molar-refractivity contribution in [2.24, 2.45) is 5.10 Å². The van der Waals surface area contributed by atoms with Gasteiger partial charge in [-0.3, -0.25) is 0 Å². The van der Waals surface area contributed by atoms with Crippen LogP contribution in [0.3, 0.4) is 0 Å². The van der Waals surface area contributed by atoms with Gasteiger partial charge in [0.2, 0.25) is 4.77 Å². The van der Waals surface area contributed by atoms with Gasteiger partial charge in [-0.1, -0.05) is 54.1 Å². The van der Waals surface area contributed by atoms with Crippen LogP contribution in [0.5, 0.6) is 11.5 Å². The maximum Gasteiger partial charge on any atom is 0.216 e. The van der Waals surface area contributed by atoms with Crippen LogP contribution in [0.25, 0.3) is 11.4 Å². The lowest BCUT2D eigenvalue weighted by Crippen LogP contribution is -1.95. The second-order valence-electron chi connectivity index (χ2n) is 5.91. The summed E-state index contributed by atoms with van der Waals surface area (Å²) in [5, 5.41) is 12.1. The van der Waals surface area contributed by atoms with E-state index in [1.54, 1.807) is 17.0 Å². The van der Waals surface area contributed by atoms with Crippen molar-refractivity contribution in [3.63, 3.8) is 0 Å². The number of halogens is 1. The van der Waals surface area contributed by atoms with Crippen LogP contribution < -0.4 is 4.74 Å². The fourth-order valence-corrected chi connectivity index (χ4v) is 2.99. The average molecular weight is 407 g/mol. The highest BCUT2D eigenvalue weighted by Gasteiger charge is 2.08. The summed E-state index contributed by atoms with van der Waals surface area (Å²) in [6.45, 7) is 0. The van der Waals surface area contributed by atoms with Gasteiger partial charge in [0.25, 0.3) is 0 Å². The molecule has 28 heavy (non-hydrogen) atoms. The van der Waals surface area contributed by atoms with E-state index in [1.807, 2.05) is 72.8 Å². The maximum atomic E-state index is 6.09. The highest BCUT2D eigenvalue weighted by molar-refractivity contribution is 7.71. The highest BCUT2D eigenvalue weighted by atomic mass is 35.5. The molecule has 0 saturated heterocycles. The summed E-state index contributed by atoms with van der Waals surface area (Å²) in [6.07, 6.45) is 1.71. The van der Waals surface area contributed by atoms with Gasteiger partial charge in [-0.2, -0.15) is 14.9 Å². The molecule has 4 aromatic rings. The number of nitrogens with one attached hydrogen (secondary N) is 1. The lowest BCUT2D eigenvalue weighted by molar-refractivity contribution is 0.482. The molecule has 7 heteroatoms. The van der Waals surface area contributed by atoms with Gasteiger partial charge in [-0.25, -0.2) is 5.10 Å². The molecule has 0 saturated carbocycles. The molecule has 0 unspecified atom stereocenters. The van der Waals surface area contributed by atoms with Crippen molar-refractivity contribution in [3.05, 3.63) is 94.2 Å². The van der Waals surface area contributed by atoms with Crippen molar-refractivity contribution < 1.29 is 4.74 Å². The third-order valence-corrected chi connectivity index (χ3v) is 4.39. The van der Waals surface area contributed by atoms with Crippen LogP contribution in [0, 0.1) is 4.77 Å². The first-order valence-electron chi connectivity index (χ1n) is 8.50. The van der Waals surface area contributed by atoms with Gasteiger partial charge in [0.05, 0.1) is 6.21 Å². The average Bonchev–Trinajstić information content (AvgIpc) is 3.08. The van der Waals surface area contributed by atoms with Crippen LogP contribution in [0.1, 0.15) is 5.56 Å². The van der Waals surface area contributed by atoms with E-state index in [-0.39, 0.29) is 0 Å². The molecule has 0 amide bonds. The molecule has 0 aliphatic rings. The first-order chi connectivity index (χ1) is 13.7. The molecule has 0 bridgehead atoms. The quantitative estimate of drug-likeness (QED) is 0.330. The van der Waals surface area contributed by atoms with Crippen LogP contribution in [0.2, 0.25) is 5.02 Å². The monoisotopic (exact) mass is 406 g/mol. The molecule has 0 atom stereocenters. The molecule has 0 spiro atoms. The van der Waals surface area contributed by atoms with Crippen LogP contribution in [0.4, 0.5) is 0 Å². The Labute approximate surface area is 171 Å². The number of aromatic amines is 1. The smallest absolute Gasteiger partial charge is 0.216 e. The maximum absolute atomic E-state index is 6.09. The fraction of sp³-hybridized carbons (Fsp3) is 0. The van der Waals surface area contributed by atoms with Gasteiger partial charge in [-0.05, 0) is 54.2 Å². The van der Waals surface area contributed by atoms with Crippen molar-refractivity contribution in [1.82, 2.24) is 14.9 Å². The van der Waals surface area contributed by atoms with Crippen LogP contribution in [0.15, 0.2) is 84.0 Å². The number of rotatable bonds is 5. The second kappa shape index (κ2) is 8.21. The van der Waals surface area contributed by atoms with Crippen molar-refractivity contribution in [2.75, 3.05) is 0 Å². The number of nitrogens with zero attached hydrogens (tertiary/aromatic N) is 3. The second-order valence-corrected chi connectivity index (χ2v) is 6.73. The van der Waals surface area contributed by atoms with Crippen molar-refractivity contribution in [3.8, 4) is 22.9 Å². The first-order valence-corrected chi connectivity index (χ1v) is 9.28. The summed E-state index contributed by atoms with van der Waals surface area (Å²) in [7, 11) is 0. The Bertz CT molecular complexity index is 1180. The minimum atomic E-state index is 0.392. The topological polar surface area (TPSA) is 55.2 Å². The summed E-state index contributed by atoms with van der Waals surface area (Å²) in [6, 6.07) is 24.6. The number of hydrogen-bond donors (Lipinski definition) is 1. The Hall–Kier alpha value is -3.22. The molecular weight excluding hydrogens is 392 g/mol. The fourth-order valence-electron chi connectivity index (χ4n) is 2.62. The minimum Gasteiger partial charge on any atom is -0.457 e. The van der Waals surface area contributed by atoms with E-state index in [4.69, 9.17) is 28.6 Å². The largest absolute Gasteiger partial charge is 0.457 e. The molecule has 0 fully saturated rings. The molecule has 1 aromatic heterocycles. The molecule has 138 valence electrons. The molecule has 5 nitrogen and oxygen atoms in total. The van der Waals surface area contributed by atoms with Gasteiger partial charge in [0, 0.05) is 10.6 Å². The van der Waals surface area contributed by atoms with Crippen LogP contribution in [-0.4, -0.2) is 21.1 Å². The zero-order valence-corrected chi connectivity index (χ0v) is 16.2. The number of H-pyrrole nitrogens is 1. The van der Waals surface area contributed by atoms with E-state index in [0.717, 1.165) is 22.6 Å². The van der Waals surface area contributed by atoms with E-state index in [2.05, 4.69) is 15.3 Å². The van der Waals surface area contributed by atoms with Crippen LogP contribution >= 0.6 is 23.8 Å². The molecule has 0 aliphatic carbocycles. The Morgan fingerprint density at radius 3 is 2.57 bits per heavy atom. The number of ether oxygens (including phenoxy) is 1. The summed E-state index contributed by atoms with van der Waals surface area (Å²) in [5.41, 5.74) is 1.69. The highest BCUT2D eigenvalue weighted by Crippen LogP contribution is 2.22. The molecule has 1 N–H and O–H groups in total. The van der Waals surface area contributed by atoms with E-state index in [0.29, 0.717) is 15.6 Å². The van der Waals surface area contributed by atoms with Crippen molar-refractivity contribution in [2.45, 2.75) is 0 Å². The van der Waals surface area contributed by atoms with Crippen molar-refractivity contribution in [1.29, 1.82) is 0 Å². The number of aromatic nitrogens is 3. The van der Waals surface area contributed by atoms with Gasteiger partial charge in [0.1, 0.15) is 11.5 Å². The summed E-state index contributed by atoms with van der Waals surface area (Å²) in [5.74, 6) is 2.08. The normalized spacial score (nSPS) is 11.0. The third kappa shape index (κ3) is 4.19. The van der Waals surface area contributed by atoms with Crippen LogP contribution in [-0.2, 0) is 0 Å². The Morgan fingerprint density at radius 1 is 0.964 bits per heavy atom. The van der Waals surface area contributed by atoms with E-state index >= 15 is 0 Å². The summed E-state index contributed by atoms with van der Waals surface area (Å²) in [4.78, 5) is 0. The zero-order chi connectivity index (χ0) is 19.3. The van der Waals surface area contributed by atoms with Gasteiger partial charge < -0.3 is 4.74 Å². The Kier molecular flexibility index (Phi) is 5.32. The number of benzene rings is 3. The first kappa shape index (κ1) is 18.2. The SMILES string of the molecule is S=c1[nH]nc(-c2cccc(Cl)c2)n1/N=C/c1cccc(Oc2ccccc2)c1. The standard InChI is InChI=1S/C21H15ClN4OS/c22-17-8-5-7-16(13-17)20-24-25-21(28)26(20)23-14-15-6-4-11-19(12-15)27-18-9-2-1-3-10-18/h1-14H,(H,25,28)/b23-14+. The summed E-state index contributed by atoms with van der Waals surface area (Å²) < 4.78 is 7.82. The number of hydrogen-bond acceptors (Lipinski definition) is 4. The van der Waals surface area contributed by atoms with Gasteiger partial charge in [-0.15, -0.1) is 0 Å². The van der Waals surface area contributed by atoms with Gasteiger partial charge >= 0.3 is 0 Å². The molecule has 0 radical (unpaired) electrons. The molecule has 0 aliphatic heterocycles. The van der Waals surface area contributed by atoms with E-state index in [9.17, 15) is 0 Å². The minimum absolute atomic E-state index is 0.392. The Balaban J connectivity index is 1.61. The molecule has 3 aromatic carbocycles. The predicted molar refractivity (Wildman–Crippen MR) is 114 cm³/mol.